The number of ether oxygens (including phenoxy) is 2. The minimum Gasteiger partial charge on any atom is -0.488 e. The molecule has 0 radical (unpaired) electrons. The number of hydrogen-bond acceptors (Lipinski definition) is 4. The van der Waals surface area contributed by atoms with Crippen LogP contribution in [0.25, 0.3) is 0 Å². The van der Waals surface area contributed by atoms with E-state index in [1.54, 1.807) is 19.1 Å². The van der Waals surface area contributed by atoms with Gasteiger partial charge in [0.1, 0.15) is 18.1 Å². The molecular formula is C22H26O4. The van der Waals surface area contributed by atoms with Crippen molar-refractivity contribution < 1.29 is 19.4 Å². The fourth-order valence-electron chi connectivity index (χ4n) is 3.01. The Morgan fingerprint density at radius 2 is 1.88 bits per heavy atom. The van der Waals surface area contributed by atoms with Gasteiger partial charge in [0, 0.05) is 12.0 Å². The van der Waals surface area contributed by atoms with Gasteiger partial charge in [0.05, 0.1) is 6.61 Å². The molecule has 4 nitrogen and oxygen atoms in total. The molecule has 1 fully saturated rings. The fraction of sp³-hybridized carbons (Fsp3) is 0.409. The Balaban J connectivity index is 1.88. The maximum Gasteiger partial charge on any atom is 0.310 e. The van der Waals surface area contributed by atoms with E-state index in [0.717, 1.165) is 11.3 Å². The topological polar surface area (TPSA) is 55.8 Å². The lowest BCUT2D eigenvalue weighted by molar-refractivity contribution is -0.134. The molecule has 0 aromatic heterocycles. The second-order valence-corrected chi connectivity index (χ2v) is 6.92. The molecule has 1 aliphatic carbocycles. The maximum absolute atomic E-state index is 11.7. The summed E-state index contributed by atoms with van der Waals surface area (Å²) in [6, 6.07) is 9.65. The fourth-order valence-corrected chi connectivity index (χ4v) is 3.01. The third-order valence-corrected chi connectivity index (χ3v) is 4.93. The van der Waals surface area contributed by atoms with Crippen LogP contribution in [-0.4, -0.2) is 11.1 Å². The van der Waals surface area contributed by atoms with E-state index in [0.29, 0.717) is 23.7 Å². The zero-order chi connectivity index (χ0) is 18.7. The van der Waals surface area contributed by atoms with Crippen LogP contribution in [0.15, 0.2) is 30.3 Å². The molecule has 138 valence electrons. The number of carbonyl (C=O) groups is 1. The number of carbonyl (C=O) groups excluding carboxylic acids is 1. The monoisotopic (exact) mass is 354 g/mol. The SMILES string of the molecule is CCC(=O)Oc1cccc(CO)c1COc1cc(C)c(C)cc1C1CC1. The maximum atomic E-state index is 11.7. The van der Waals surface area contributed by atoms with Gasteiger partial charge in [0.15, 0.2) is 0 Å². The first-order chi connectivity index (χ1) is 12.5. The van der Waals surface area contributed by atoms with Crippen LogP contribution in [0.5, 0.6) is 11.5 Å². The van der Waals surface area contributed by atoms with Gasteiger partial charge in [-0.15, -0.1) is 0 Å². The van der Waals surface area contributed by atoms with Gasteiger partial charge in [-0.3, -0.25) is 4.79 Å². The highest BCUT2D eigenvalue weighted by molar-refractivity contribution is 5.72. The second-order valence-electron chi connectivity index (χ2n) is 6.92. The van der Waals surface area contributed by atoms with Crippen molar-refractivity contribution >= 4 is 5.97 Å². The highest BCUT2D eigenvalue weighted by Crippen LogP contribution is 2.45. The summed E-state index contributed by atoms with van der Waals surface area (Å²) < 4.78 is 11.6. The summed E-state index contributed by atoms with van der Waals surface area (Å²) in [5.41, 5.74) is 5.15. The smallest absolute Gasteiger partial charge is 0.310 e. The summed E-state index contributed by atoms with van der Waals surface area (Å²) in [5.74, 6) is 1.62. The van der Waals surface area contributed by atoms with Gasteiger partial charge >= 0.3 is 5.97 Å². The van der Waals surface area contributed by atoms with Crippen molar-refractivity contribution in [1.82, 2.24) is 0 Å². The van der Waals surface area contributed by atoms with E-state index in [1.807, 2.05) is 6.07 Å². The molecular weight excluding hydrogens is 328 g/mol. The summed E-state index contributed by atoms with van der Waals surface area (Å²) in [7, 11) is 0. The molecule has 0 saturated heterocycles. The molecule has 26 heavy (non-hydrogen) atoms. The number of aryl methyl sites for hydroxylation is 2. The van der Waals surface area contributed by atoms with E-state index >= 15 is 0 Å². The zero-order valence-corrected chi connectivity index (χ0v) is 15.7. The second kappa shape index (κ2) is 7.92. The number of benzene rings is 2. The number of rotatable bonds is 7. The predicted molar refractivity (Wildman–Crippen MR) is 101 cm³/mol. The summed E-state index contributed by atoms with van der Waals surface area (Å²) in [4.78, 5) is 11.7. The number of esters is 1. The summed E-state index contributed by atoms with van der Waals surface area (Å²) in [5, 5.41) is 9.67. The van der Waals surface area contributed by atoms with Gasteiger partial charge in [0.25, 0.3) is 0 Å². The summed E-state index contributed by atoms with van der Waals surface area (Å²) in [6.45, 7) is 6.08. The molecule has 0 spiro atoms. The van der Waals surface area contributed by atoms with Crippen LogP contribution in [0.3, 0.4) is 0 Å². The van der Waals surface area contributed by atoms with Crippen LogP contribution in [0.2, 0.25) is 0 Å². The van der Waals surface area contributed by atoms with Crippen molar-refractivity contribution in [3.05, 3.63) is 58.1 Å². The molecule has 1 aliphatic rings. The van der Waals surface area contributed by atoms with Gasteiger partial charge in [0.2, 0.25) is 0 Å². The molecule has 4 heteroatoms. The van der Waals surface area contributed by atoms with Crippen LogP contribution in [0.4, 0.5) is 0 Å². The normalized spacial score (nSPS) is 13.5. The molecule has 0 bridgehead atoms. The number of aliphatic hydroxyl groups is 1. The van der Waals surface area contributed by atoms with Gasteiger partial charge in [-0.1, -0.05) is 25.1 Å². The minimum atomic E-state index is -0.300. The minimum absolute atomic E-state index is 0.126. The Bertz CT molecular complexity index is 806. The van der Waals surface area contributed by atoms with E-state index in [9.17, 15) is 9.90 Å². The quantitative estimate of drug-likeness (QED) is 0.585. The van der Waals surface area contributed by atoms with E-state index < -0.39 is 0 Å². The molecule has 2 aromatic rings. The largest absolute Gasteiger partial charge is 0.488 e. The third-order valence-electron chi connectivity index (χ3n) is 4.93. The summed E-state index contributed by atoms with van der Waals surface area (Å²) in [6.07, 6.45) is 2.70. The van der Waals surface area contributed by atoms with E-state index in [1.165, 1.54) is 29.5 Å². The molecule has 0 atom stereocenters. The first-order valence-corrected chi connectivity index (χ1v) is 9.19. The first-order valence-electron chi connectivity index (χ1n) is 9.19. The van der Waals surface area contributed by atoms with Crippen molar-refractivity contribution in [2.75, 3.05) is 0 Å². The average molecular weight is 354 g/mol. The van der Waals surface area contributed by atoms with Crippen molar-refractivity contribution in [1.29, 1.82) is 0 Å². The van der Waals surface area contributed by atoms with Gasteiger partial charge in [-0.05, 0) is 67.0 Å². The van der Waals surface area contributed by atoms with Crippen molar-refractivity contribution in [3.8, 4) is 11.5 Å². The average Bonchev–Trinajstić information content (AvgIpc) is 3.47. The third kappa shape index (κ3) is 4.07. The lowest BCUT2D eigenvalue weighted by atomic mass is 10.0. The van der Waals surface area contributed by atoms with Crippen LogP contribution < -0.4 is 9.47 Å². The molecule has 1 saturated carbocycles. The van der Waals surface area contributed by atoms with E-state index in [-0.39, 0.29) is 19.2 Å². The van der Waals surface area contributed by atoms with Crippen molar-refractivity contribution in [3.63, 3.8) is 0 Å². The molecule has 0 heterocycles. The lowest BCUT2D eigenvalue weighted by Crippen LogP contribution is -2.10. The highest BCUT2D eigenvalue weighted by Gasteiger charge is 2.27. The molecule has 0 aliphatic heterocycles. The van der Waals surface area contributed by atoms with Crippen molar-refractivity contribution in [2.24, 2.45) is 0 Å². The molecule has 2 aromatic carbocycles. The molecule has 0 amide bonds. The Hall–Kier alpha value is -2.33. The van der Waals surface area contributed by atoms with Gasteiger partial charge in [-0.25, -0.2) is 0 Å². The first kappa shape index (κ1) is 18.5. The Labute approximate surface area is 154 Å². The predicted octanol–water partition coefficient (Wildman–Crippen LogP) is 4.57. The van der Waals surface area contributed by atoms with Gasteiger partial charge in [-0.2, -0.15) is 0 Å². The van der Waals surface area contributed by atoms with E-state index in [4.69, 9.17) is 9.47 Å². The van der Waals surface area contributed by atoms with Crippen molar-refractivity contribution in [2.45, 2.75) is 59.2 Å². The Morgan fingerprint density at radius 3 is 2.54 bits per heavy atom. The molecule has 0 unspecified atom stereocenters. The highest BCUT2D eigenvalue weighted by atomic mass is 16.5. The van der Waals surface area contributed by atoms with Crippen LogP contribution in [0, 0.1) is 13.8 Å². The zero-order valence-electron chi connectivity index (χ0n) is 15.7. The van der Waals surface area contributed by atoms with Crippen LogP contribution in [-0.2, 0) is 18.0 Å². The Kier molecular flexibility index (Phi) is 5.62. The number of aliphatic hydroxyl groups excluding tert-OH is 1. The van der Waals surface area contributed by atoms with Crippen LogP contribution >= 0.6 is 0 Å². The van der Waals surface area contributed by atoms with E-state index in [2.05, 4.69) is 26.0 Å². The molecule has 3 rings (SSSR count). The molecule has 1 N–H and O–H groups in total. The Morgan fingerprint density at radius 1 is 1.15 bits per heavy atom. The standard InChI is InChI=1S/C22H26O4/c1-4-22(24)26-20-7-5-6-17(12-23)19(20)13-25-21-11-15(3)14(2)10-18(21)16-8-9-16/h5-7,10-11,16,23H,4,8-9,12-13H2,1-3H3. The lowest BCUT2D eigenvalue weighted by Gasteiger charge is -2.17. The van der Waals surface area contributed by atoms with Gasteiger partial charge < -0.3 is 14.6 Å². The summed E-state index contributed by atoms with van der Waals surface area (Å²) >= 11 is 0. The number of hydrogen-bond donors (Lipinski definition) is 1. The van der Waals surface area contributed by atoms with Crippen LogP contribution in [0.1, 0.15) is 59.9 Å².